The van der Waals surface area contributed by atoms with Gasteiger partial charge in [-0.2, -0.15) is 0 Å². The Bertz CT molecular complexity index is 3660. The summed E-state index contributed by atoms with van der Waals surface area (Å²) in [4.78, 5) is 2.38. The molecule has 0 N–H and O–H groups in total. The van der Waals surface area contributed by atoms with E-state index in [1.165, 1.54) is 55.3 Å². The van der Waals surface area contributed by atoms with Crippen LogP contribution in [0.2, 0.25) is 0 Å². The van der Waals surface area contributed by atoms with Gasteiger partial charge in [-0.25, -0.2) is 0 Å². The molecule has 11 aromatic carbocycles. The summed E-state index contributed by atoms with van der Waals surface area (Å²) >= 11 is 0. The molecular formula is C64H43NO. The number of nitrogens with zero attached hydrogens (tertiary/aromatic N) is 1. The SMILES string of the molecule is c1ccc(-c2cccc(-c3ccccc3-c3ccc(N(c4ccc(-c5ccc(-c6cccc7ccccc67)cc5)cc4)c4ccc(-c5ccccc5)c5oc6ccccc6c45)cc3)c2)cc1. The highest BCUT2D eigenvalue weighted by molar-refractivity contribution is 6.17. The van der Waals surface area contributed by atoms with Crippen LogP contribution in [0.3, 0.4) is 0 Å². The number of hydrogen-bond donors (Lipinski definition) is 0. The van der Waals surface area contributed by atoms with Gasteiger partial charge < -0.3 is 9.32 Å². The first kappa shape index (κ1) is 38.9. The third-order valence-corrected chi connectivity index (χ3v) is 12.9. The molecule has 12 rings (SSSR count). The third-order valence-electron chi connectivity index (χ3n) is 12.9. The number of hydrogen-bond acceptors (Lipinski definition) is 2. The maximum absolute atomic E-state index is 6.78. The summed E-state index contributed by atoms with van der Waals surface area (Å²) in [5, 5.41) is 4.67. The highest BCUT2D eigenvalue weighted by Gasteiger charge is 2.23. The number of rotatable bonds is 9. The fraction of sp³-hybridized carbons (Fsp3) is 0. The second-order valence-corrected chi connectivity index (χ2v) is 16.8. The molecule has 0 atom stereocenters. The molecule has 0 aliphatic rings. The van der Waals surface area contributed by atoms with Crippen LogP contribution in [0.5, 0.6) is 0 Å². The minimum atomic E-state index is 0.864. The van der Waals surface area contributed by atoms with Gasteiger partial charge in [0.2, 0.25) is 0 Å². The summed E-state index contributed by atoms with van der Waals surface area (Å²) in [6.45, 7) is 0. The second-order valence-electron chi connectivity index (χ2n) is 16.8. The van der Waals surface area contributed by atoms with E-state index in [4.69, 9.17) is 4.42 Å². The Morgan fingerprint density at radius 3 is 1.45 bits per heavy atom. The van der Waals surface area contributed by atoms with Gasteiger partial charge in [0, 0.05) is 22.3 Å². The lowest BCUT2D eigenvalue weighted by Crippen LogP contribution is -2.10. The summed E-state index contributed by atoms with van der Waals surface area (Å²) in [6, 6.07) is 93.7. The zero-order valence-corrected chi connectivity index (χ0v) is 36.2. The van der Waals surface area contributed by atoms with E-state index in [1.807, 2.05) is 6.07 Å². The summed E-state index contributed by atoms with van der Waals surface area (Å²) in [6.07, 6.45) is 0. The molecule has 0 saturated carbocycles. The number of furan rings is 1. The predicted molar refractivity (Wildman–Crippen MR) is 279 cm³/mol. The van der Waals surface area contributed by atoms with Crippen molar-refractivity contribution in [2.45, 2.75) is 0 Å². The standard InChI is InChI=1S/C64H43NO/c1-3-15-44(16-4-1)51-21-13-22-52(43-51)58-25-10-9-24-56(58)50-35-39-54(40-36-50)65(61-42-41-59(48-17-5-2-6-18-48)64-63(61)60-26-11-12-28-62(60)66-64)53-37-33-46(34-38-53)45-29-31-49(32-30-45)57-27-14-20-47-19-7-8-23-55(47)57/h1-43H. The predicted octanol–water partition coefficient (Wildman–Crippen LogP) is 18.2. The summed E-state index contributed by atoms with van der Waals surface area (Å²) in [5.74, 6) is 0. The van der Waals surface area contributed by atoms with E-state index < -0.39 is 0 Å². The van der Waals surface area contributed by atoms with Gasteiger partial charge in [-0.15, -0.1) is 0 Å². The molecule has 0 saturated heterocycles. The van der Waals surface area contributed by atoms with Crippen molar-refractivity contribution in [3.05, 3.63) is 261 Å². The van der Waals surface area contributed by atoms with Crippen molar-refractivity contribution in [3.63, 3.8) is 0 Å². The molecule has 0 aliphatic heterocycles. The van der Waals surface area contributed by atoms with Crippen LogP contribution < -0.4 is 4.90 Å². The van der Waals surface area contributed by atoms with Gasteiger partial charge in [0.25, 0.3) is 0 Å². The van der Waals surface area contributed by atoms with Crippen molar-refractivity contribution in [1.82, 2.24) is 0 Å². The van der Waals surface area contributed by atoms with Gasteiger partial charge in [0.05, 0.1) is 11.1 Å². The molecule has 12 aromatic rings. The Morgan fingerprint density at radius 1 is 0.273 bits per heavy atom. The van der Waals surface area contributed by atoms with Gasteiger partial charge >= 0.3 is 0 Å². The molecule has 0 radical (unpaired) electrons. The Balaban J connectivity index is 0.962. The number of anilines is 3. The molecule has 0 spiro atoms. The largest absolute Gasteiger partial charge is 0.455 e. The highest BCUT2D eigenvalue weighted by Crippen LogP contribution is 2.47. The van der Waals surface area contributed by atoms with E-state index in [2.05, 4.69) is 260 Å². The van der Waals surface area contributed by atoms with Gasteiger partial charge in [-0.3, -0.25) is 0 Å². The molecule has 1 aromatic heterocycles. The lowest BCUT2D eigenvalue weighted by Gasteiger charge is -2.27. The van der Waals surface area contributed by atoms with E-state index in [1.54, 1.807) is 0 Å². The maximum Gasteiger partial charge on any atom is 0.145 e. The van der Waals surface area contributed by atoms with E-state index in [-0.39, 0.29) is 0 Å². The number of para-hydroxylation sites is 1. The van der Waals surface area contributed by atoms with Crippen LogP contribution >= 0.6 is 0 Å². The first-order valence-electron chi connectivity index (χ1n) is 22.6. The fourth-order valence-electron chi connectivity index (χ4n) is 9.67. The van der Waals surface area contributed by atoms with Crippen LogP contribution in [-0.2, 0) is 0 Å². The lowest BCUT2D eigenvalue weighted by molar-refractivity contribution is 0.670. The summed E-state index contributed by atoms with van der Waals surface area (Å²) < 4.78 is 6.78. The second kappa shape index (κ2) is 16.8. The molecule has 310 valence electrons. The van der Waals surface area contributed by atoms with Gasteiger partial charge in [0.1, 0.15) is 11.2 Å². The van der Waals surface area contributed by atoms with Crippen molar-refractivity contribution in [2.24, 2.45) is 0 Å². The molecule has 0 bridgehead atoms. The molecule has 0 unspecified atom stereocenters. The van der Waals surface area contributed by atoms with Crippen molar-refractivity contribution >= 4 is 49.8 Å². The smallest absolute Gasteiger partial charge is 0.145 e. The molecule has 66 heavy (non-hydrogen) atoms. The molecule has 0 fully saturated rings. The van der Waals surface area contributed by atoms with Crippen LogP contribution in [0.25, 0.3) is 99.5 Å². The fourth-order valence-corrected chi connectivity index (χ4v) is 9.67. The summed E-state index contributed by atoms with van der Waals surface area (Å²) in [5.41, 5.74) is 19.0. The lowest BCUT2D eigenvalue weighted by atomic mass is 9.92. The zero-order chi connectivity index (χ0) is 43.8. The van der Waals surface area contributed by atoms with E-state index in [0.717, 1.165) is 61.3 Å². The monoisotopic (exact) mass is 841 g/mol. The quantitative estimate of drug-likeness (QED) is 0.144. The van der Waals surface area contributed by atoms with Gasteiger partial charge in [0.15, 0.2) is 0 Å². The Morgan fingerprint density at radius 2 is 0.727 bits per heavy atom. The van der Waals surface area contributed by atoms with Gasteiger partial charge in [-0.1, -0.05) is 212 Å². The van der Waals surface area contributed by atoms with Gasteiger partial charge in [-0.05, 0) is 121 Å². The maximum atomic E-state index is 6.78. The van der Waals surface area contributed by atoms with Crippen LogP contribution in [-0.4, -0.2) is 0 Å². The number of fused-ring (bicyclic) bond motifs is 4. The van der Waals surface area contributed by atoms with E-state index in [9.17, 15) is 0 Å². The van der Waals surface area contributed by atoms with Crippen molar-refractivity contribution in [1.29, 1.82) is 0 Å². The molecular weight excluding hydrogens is 799 g/mol. The Labute approximate surface area is 384 Å². The van der Waals surface area contributed by atoms with E-state index >= 15 is 0 Å². The van der Waals surface area contributed by atoms with Crippen LogP contribution in [0.4, 0.5) is 17.1 Å². The topological polar surface area (TPSA) is 16.4 Å². The van der Waals surface area contributed by atoms with E-state index in [0.29, 0.717) is 0 Å². The Hall–Kier alpha value is -8.72. The first-order valence-corrected chi connectivity index (χ1v) is 22.6. The van der Waals surface area contributed by atoms with Crippen molar-refractivity contribution in [3.8, 4) is 66.8 Å². The van der Waals surface area contributed by atoms with Crippen molar-refractivity contribution < 1.29 is 4.42 Å². The third kappa shape index (κ3) is 7.12. The molecule has 2 nitrogen and oxygen atoms in total. The minimum absolute atomic E-state index is 0.864. The van der Waals surface area contributed by atoms with Crippen molar-refractivity contribution in [2.75, 3.05) is 4.90 Å². The Kier molecular flexibility index (Phi) is 9.89. The zero-order valence-electron chi connectivity index (χ0n) is 36.2. The molecule has 1 heterocycles. The average molecular weight is 842 g/mol. The molecule has 0 amide bonds. The average Bonchev–Trinajstić information content (AvgIpc) is 3.80. The molecule has 2 heteroatoms. The highest BCUT2D eigenvalue weighted by atomic mass is 16.3. The first-order chi connectivity index (χ1) is 32.7. The van der Waals surface area contributed by atoms with Crippen LogP contribution in [0.15, 0.2) is 265 Å². The normalized spacial score (nSPS) is 11.3. The minimum Gasteiger partial charge on any atom is -0.455 e. The van der Waals surface area contributed by atoms with Crippen LogP contribution in [0, 0.1) is 0 Å². The van der Waals surface area contributed by atoms with Crippen LogP contribution in [0.1, 0.15) is 0 Å². The number of benzene rings is 11. The molecule has 0 aliphatic carbocycles. The summed E-state index contributed by atoms with van der Waals surface area (Å²) in [7, 11) is 0.